The van der Waals surface area contributed by atoms with E-state index in [9.17, 15) is 28.8 Å². The van der Waals surface area contributed by atoms with Gasteiger partial charge in [-0.15, -0.1) is 0 Å². The smallest absolute Gasteiger partial charge is 0.408 e. The van der Waals surface area contributed by atoms with Crippen LogP contribution in [0.25, 0.3) is 0 Å². The third-order valence-corrected chi connectivity index (χ3v) is 7.51. The van der Waals surface area contributed by atoms with Gasteiger partial charge >= 0.3 is 35.5 Å². The molecule has 284 valence electrons. The first-order valence-corrected chi connectivity index (χ1v) is 16.1. The lowest BCUT2D eigenvalue weighted by Crippen LogP contribution is -2.49. The maximum absolute atomic E-state index is 11.6. The van der Waals surface area contributed by atoms with Crippen molar-refractivity contribution in [1.82, 2.24) is 10.6 Å². The molecule has 3 saturated heterocycles. The Hall–Kier alpha value is -3.45. The molecule has 3 aliphatic heterocycles. The molecule has 0 unspecified atom stereocenters. The Kier molecular flexibility index (Phi) is 22.9. The summed E-state index contributed by atoms with van der Waals surface area (Å²) >= 11 is 4.60. The molecule has 0 bridgehead atoms. The molecule has 0 saturated carbocycles. The van der Waals surface area contributed by atoms with E-state index in [4.69, 9.17) is 40.0 Å². The Bertz CT molecular complexity index is 1020. The first-order valence-electron chi connectivity index (χ1n) is 15.7. The zero-order valence-corrected chi connectivity index (χ0v) is 29.4. The molecule has 7 N–H and O–H groups in total. The molecule has 49 heavy (non-hydrogen) atoms. The average molecular weight is 730 g/mol. The van der Waals surface area contributed by atoms with Crippen molar-refractivity contribution in [3.8, 4) is 0 Å². The summed E-state index contributed by atoms with van der Waals surface area (Å²) in [5.74, 6) is -3.07. The Balaban J connectivity index is 0.000000673. The summed E-state index contributed by atoms with van der Waals surface area (Å²) in [6.45, 7) is 8.63. The van der Waals surface area contributed by atoms with Crippen molar-refractivity contribution in [3.05, 3.63) is 0 Å². The van der Waals surface area contributed by atoms with Gasteiger partial charge in [0.2, 0.25) is 0 Å². The highest BCUT2D eigenvalue weighted by Crippen LogP contribution is 2.21. The van der Waals surface area contributed by atoms with Crippen LogP contribution in [0.3, 0.4) is 0 Å². The van der Waals surface area contributed by atoms with Crippen LogP contribution in [0.1, 0.15) is 59.3 Å². The van der Waals surface area contributed by atoms with E-state index in [0.717, 1.165) is 12.8 Å². The lowest BCUT2D eigenvalue weighted by atomic mass is 9.92. The van der Waals surface area contributed by atoms with Crippen molar-refractivity contribution in [2.45, 2.75) is 83.0 Å². The van der Waals surface area contributed by atoms with Gasteiger partial charge in [-0.1, -0.05) is 0 Å². The fraction of sp³-hybridized carbons (Fsp3) is 0.800. The summed E-state index contributed by atoms with van der Waals surface area (Å²) in [7, 11) is 2.42. The number of halogens is 1. The second-order valence-corrected chi connectivity index (χ2v) is 12.4. The number of carbonyl (C=O) groups is 6. The number of amides is 2. The van der Waals surface area contributed by atoms with Crippen LogP contribution < -0.4 is 16.4 Å². The van der Waals surface area contributed by atoms with E-state index in [1.54, 1.807) is 20.8 Å². The number of carbonyl (C=O) groups excluding carboxylic acids is 3. The van der Waals surface area contributed by atoms with Crippen molar-refractivity contribution >= 4 is 47.1 Å². The summed E-state index contributed by atoms with van der Waals surface area (Å²) in [5, 5.41) is 31.4. The average Bonchev–Trinajstić information content (AvgIpc) is 3.06. The summed E-state index contributed by atoms with van der Waals surface area (Å²) in [6.07, 6.45) is 2.68. The maximum Gasteiger partial charge on any atom is 0.408 e. The third kappa shape index (κ3) is 21.3. The van der Waals surface area contributed by atoms with Crippen molar-refractivity contribution in [3.63, 3.8) is 0 Å². The van der Waals surface area contributed by atoms with E-state index in [1.165, 1.54) is 14.2 Å². The minimum absolute atomic E-state index is 0.0876. The molecule has 0 aromatic rings. The van der Waals surface area contributed by atoms with Crippen LogP contribution in [0, 0.1) is 17.8 Å². The summed E-state index contributed by atoms with van der Waals surface area (Å²) < 4.78 is 28.7. The van der Waals surface area contributed by atoms with Gasteiger partial charge in [0, 0.05) is 51.2 Å². The zero-order chi connectivity index (χ0) is 37.6. The molecular formula is C30H52ClN3O15. The van der Waals surface area contributed by atoms with E-state index >= 15 is 0 Å². The number of methoxy groups -OCH3 is 2. The Morgan fingerprint density at radius 1 is 0.653 bits per heavy atom. The van der Waals surface area contributed by atoms with E-state index in [1.807, 2.05) is 0 Å². The fourth-order valence-corrected chi connectivity index (χ4v) is 4.76. The van der Waals surface area contributed by atoms with Crippen LogP contribution in [-0.4, -0.2) is 128 Å². The number of aliphatic carboxylic acids is 3. The molecule has 0 radical (unpaired) electrons. The standard InChI is InChI=1S/C12H21NO5.C9H15NO5.C7H13NO3.C2H3ClO2/c1-12(2,3)18-11(16)13-9(10(14)15)8-4-6-17-7-5-8;1-14-9(13)10-7(8(11)12)6-2-4-15-5-3-6;8-6(7(9)10)5-1-3-11-4-2-5;1-5-2(3)4/h8-9H,4-7H2,1-3H3,(H,13,16)(H,14,15);6-7H,2-5H2,1H3,(H,10,13)(H,11,12);5-6H,1-4,8H2,(H,9,10);1H3/t9-;7-;6-;/m000./s1. The molecule has 0 aliphatic carbocycles. The van der Waals surface area contributed by atoms with E-state index in [-0.39, 0.29) is 17.8 Å². The van der Waals surface area contributed by atoms with Gasteiger partial charge in [0.1, 0.15) is 23.7 Å². The number of rotatable bonds is 8. The van der Waals surface area contributed by atoms with Gasteiger partial charge in [0.05, 0.1) is 14.2 Å². The number of alkyl carbamates (subject to hydrolysis) is 2. The maximum atomic E-state index is 11.6. The molecule has 3 fully saturated rings. The molecule has 3 aliphatic rings. The number of hydrogen-bond acceptors (Lipinski definition) is 13. The predicted octanol–water partition coefficient (Wildman–Crippen LogP) is 2.43. The number of carboxylic acids is 3. The molecule has 3 heterocycles. The van der Waals surface area contributed by atoms with Crippen molar-refractivity contribution in [1.29, 1.82) is 0 Å². The number of ether oxygens (including phenoxy) is 6. The molecule has 18 nitrogen and oxygen atoms in total. The van der Waals surface area contributed by atoms with Gasteiger partial charge in [-0.3, -0.25) is 4.79 Å². The summed E-state index contributed by atoms with van der Waals surface area (Å²) in [5.41, 5.74) is 4.03. The lowest BCUT2D eigenvalue weighted by molar-refractivity contribution is -0.142. The highest BCUT2D eigenvalue weighted by Gasteiger charge is 2.33. The number of hydrogen-bond donors (Lipinski definition) is 6. The van der Waals surface area contributed by atoms with E-state index in [2.05, 4.69) is 31.7 Å². The highest BCUT2D eigenvalue weighted by molar-refractivity contribution is 6.61. The van der Waals surface area contributed by atoms with Crippen LogP contribution in [0.2, 0.25) is 0 Å². The van der Waals surface area contributed by atoms with Crippen LogP contribution in [0.4, 0.5) is 14.4 Å². The molecular weight excluding hydrogens is 678 g/mol. The largest absolute Gasteiger partial charge is 0.480 e. The number of nitrogens with two attached hydrogens (primary N) is 1. The minimum Gasteiger partial charge on any atom is -0.480 e. The molecule has 3 rings (SSSR count). The molecule has 0 aromatic heterocycles. The Labute approximate surface area is 290 Å². The summed E-state index contributed by atoms with van der Waals surface area (Å²) in [6, 6.07) is -2.51. The first-order chi connectivity index (χ1) is 22.9. The summed E-state index contributed by atoms with van der Waals surface area (Å²) in [4.78, 5) is 64.4. The SMILES string of the molecule is CC(C)(C)OC(=O)N[C@H](C(=O)O)C1CCOCC1.COC(=O)Cl.COC(=O)N[C@H](C(=O)O)C1CCOCC1.N[C@H](C(=O)O)C1CCOCC1. The van der Waals surface area contributed by atoms with Crippen LogP contribution >= 0.6 is 11.6 Å². The van der Waals surface area contributed by atoms with Crippen molar-refractivity contribution < 1.29 is 72.5 Å². The highest BCUT2D eigenvalue weighted by atomic mass is 35.5. The second-order valence-electron chi connectivity index (χ2n) is 12.1. The monoisotopic (exact) mass is 729 g/mol. The van der Waals surface area contributed by atoms with Gasteiger partial charge in [-0.05, 0) is 77.0 Å². The lowest BCUT2D eigenvalue weighted by Gasteiger charge is -2.29. The van der Waals surface area contributed by atoms with Gasteiger partial charge in [-0.25, -0.2) is 24.0 Å². The second kappa shape index (κ2) is 24.6. The third-order valence-electron chi connectivity index (χ3n) is 7.36. The van der Waals surface area contributed by atoms with Gasteiger partial charge < -0.3 is 60.1 Å². The Morgan fingerprint density at radius 3 is 1.24 bits per heavy atom. The number of carboxylic acid groups (broad SMARTS) is 3. The van der Waals surface area contributed by atoms with Gasteiger partial charge in [-0.2, -0.15) is 0 Å². The predicted molar refractivity (Wildman–Crippen MR) is 172 cm³/mol. The Morgan fingerprint density at radius 2 is 0.980 bits per heavy atom. The molecule has 0 spiro atoms. The zero-order valence-electron chi connectivity index (χ0n) is 28.6. The van der Waals surface area contributed by atoms with Gasteiger partial charge in [0.25, 0.3) is 0 Å². The molecule has 19 heteroatoms. The van der Waals surface area contributed by atoms with E-state index in [0.29, 0.717) is 65.3 Å². The van der Waals surface area contributed by atoms with Crippen molar-refractivity contribution in [2.24, 2.45) is 23.5 Å². The van der Waals surface area contributed by atoms with Crippen LogP contribution in [-0.2, 0) is 42.8 Å². The van der Waals surface area contributed by atoms with E-state index < -0.39 is 59.2 Å². The van der Waals surface area contributed by atoms with Crippen molar-refractivity contribution in [2.75, 3.05) is 53.9 Å². The molecule has 0 aromatic carbocycles. The van der Waals surface area contributed by atoms with Gasteiger partial charge in [0.15, 0.2) is 0 Å². The van der Waals surface area contributed by atoms with Crippen LogP contribution in [0.15, 0.2) is 0 Å². The number of nitrogens with one attached hydrogen (secondary N) is 2. The minimum atomic E-state index is -1.03. The quantitative estimate of drug-likeness (QED) is 0.155. The fourth-order valence-electron chi connectivity index (χ4n) is 4.76. The first kappa shape index (κ1) is 45.6. The molecule has 2 amide bonds. The topological polar surface area (TPSA) is 269 Å². The molecule has 3 atom stereocenters. The van der Waals surface area contributed by atoms with Crippen LogP contribution in [0.5, 0.6) is 0 Å². The normalized spacial score (nSPS) is 18.8.